The molecule has 1 heterocycles. The monoisotopic (exact) mass is 258 g/mol. The Morgan fingerprint density at radius 1 is 1.59 bits per heavy atom. The molecule has 1 aliphatic heterocycles. The zero-order chi connectivity index (χ0) is 12.8. The summed E-state index contributed by atoms with van der Waals surface area (Å²) in [4.78, 5) is 12.2. The van der Waals surface area contributed by atoms with Crippen molar-refractivity contribution < 1.29 is 9.53 Å². The maximum atomic E-state index is 11.9. The number of rotatable bonds is 6. The van der Waals surface area contributed by atoms with E-state index in [2.05, 4.69) is 5.32 Å². The van der Waals surface area contributed by atoms with Gasteiger partial charge in [0.2, 0.25) is 5.91 Å². The minimum Gasteiger partial charge on any atom is -0.393 e. The van der Waals surface area contributed by atoms with Crippen LogP contribution in [0.5, 0.6) is 0 Å². The van der Waals surface area contributed by atoms with Gasteiger partial charge in [0.15, 0.2) is 0 Å². The van der Waals surface area contributed by atoms with E-state index < -0.39 is 0 Å². The normalized spacial score (nSPS) is 21.5. The van der Waals surface area contributed by atoms with Crippen LogP contribution in [0.25, 0.3) is 0 Å². The summed E-state index contributed by atoms with van der Waals surface area (Å²) >= 11 is 4.92. The molecule has 2 unspecified atom stereocenters. The molecule has 1 rings (SSSR count). The molecule has 17 heavy (non-hydrogen) atoms. The molecule has 1 fully saturated rings. The van der Waals surface area contributed by atoms with Crippen LogP contribution in [-0.4, -0.2) is 30.7 Å². The molecule has 0 aromatic heterocycles. The van der Waals surface area contributed by atoms with Crippen LogP contribution in [0.2, 0.25) is 0 Å². The van der Waals surface area contributed by atoms with Gasteiger partial charge in [-0.3, -0.25) is 4.79 Å². The molecule has 1 amide bonds. The average Bonchev–Trinajstić information content (AvgIpc) is 2.69. The molecule has 1 saturated heterocycles. The van der Waals surface area contributed by atoms with E-state index in [9.17, 15) is 4.79 Å². The Kier molecular flexibility index (Phi) is 5.85. The van der Waals surface area contributed by atoms with E-state index >= 15 is 0 Å². The van der Waals surface area contributed by atoms with Crippen molar-refractivity contribution in [2.75, 3.05) is 19.8 Å². The number of nitrogens with one attached hydrogen (secondary N) is 1. The van der Waals surface area contributed by atoms with Crippen LogP contribution in [0.4, 0.5) is 0 Å². The minimum absolute atomic E-state index is 0.0496. The molecule has 0 aliphatic carbocycles. The fourth-order valence-corrected chi connectivity index (χ4v) is 2.46. The van der Waals surface area contributed by atoms with Gasteiger partial charge in [0.25, 0.3) is 0 Å². The summed E-state index contributed by atoms with van der Waals surface area (Å²) in [5.74, 6) is 0.316. The first-order valence-electron chi connectivity index (χ1n) is 6.17. The Bertz CT molecular complexity index is 276. The van der Waals surface area contributed by atoms with Crippen LogP contribution >= 0.6 is 12.2 Å². The average molecular weight is 258 g/mol. The van der Waals surface area contributed by atoms with Gasteiger partial charge in [0.1, 0.15) is 0 Å². The molecule has 0 saturated carbocycles. The van der Waals surface area contributed by atoms with Crippen molar-refractivity contribution in [3.05, 3.63) is 0 Å². The number of carbonyl (C=O) groups excluding carboxylic acids is 1. The predicted molar refractivity (Wildman–Crippen MR) is 71.7 cm³/mol. The highest BCUT2D eigenvalue weighted by Crippen LogP contribution is 2.16. The van der Waals surface area contributed by atoms with Gasteiger partial charge in [0.05, 0.1) is 10.9 Å². The summed E-state index contributed by atoms with van der Waals surface area (Å²) in [6.45, 7) is 6.25. The van der Waals surface area contributed by atoms with Crippen molar-refractivity contribution in [1.29, 1.82) is 0 Å². The van der Waals surface area contributed by atoms with Crippen molar-refractivity contribution in [1.82, 2.24) is 5.32 Å². The molecular weight excluding hydrogens is 236 g/mol. The SMILES string of the molecule is CC(C)C(C(=O)NCCC1CCOC1)C(N)=S. The molecule has 98 valence electrons. The number of hydrogen-bond acceptors (Lipinski definition) is 3. The second-order valence-corrected chi connectivity index (χ2v) is 5.40. The molecular formula is C12H22N2O2S. The highest BCUT2D eigenvalue weighted by atomic mass is 32.1. The van der Waals surface area contributed by atoms with E-state index in [0.717, 1.165) is 26.1 Å². The van der Waals surface area contributed by atoms with Crippen molar-refractivity contribution in [2.24, 2.45) is 23.5 Å². The lowest BCUT2D eigenvalue weighted by molar-refractivity contribution is -0.124. The molecule has 0 spiro atoms. The highest BCUT2D eigenvalue weighted by molar-refractivity contribution is 7.80. The van der Waals surface area contributed by atoms with Gasteiger partial charge in [0, 0.05) is 19.8 Å². The predicted octanol–water partition coefficient (Wildman–Crippen LogP) is 1.09. The van der Waals surface area contributed by atoms with E-state index in [0.29, 0.717) is 12.5 Å². The summed E-state index contributed by atoms with van der Waals surface area (Å²) in [5.41, 5.74) is 5.58. The molecule has 0 aromatic rings. The second-order valence-electron chi connectivity index (χ2n) is 4.93. The third-order valence-corrected chi connectivity index (χ3v) is 3.39. The Morgan fingerprint density at radius 3 is 2.76 bits per heavy atom. The van der Waals surface area contributed by atoms with Crippen LogP contribution in [0.1, 0.15) is 26.7 Å². The van der Waals surface area contributed by atoms with Gasteiger partial charge in [-0.05, 0) is 24.7 Å². The molecule has 5 heteroatoms. The Morgan fingerprint density at radius 2 is 2.29 bits per heavy atom. The Balaban J connectivity index is 2.29. The maximum Gasteiger partial charge on any atom is 0.230 e. The van der Waals surface area contributed by atoms with Crippen LogP contribution in [0.15, 0.2) is 0 Å². The van der Waals surface area contributed by atoms with E-state index in [1.54, 1.807) is 0 Å². The zero-order valence-corrected chi connectivity index (χ0v) is 11.4. The Hall–Kier alpha value is -0.680. The van der Waals surface area contributed by atoms with Crippen LogP contribution in [0, 0.1) is 17.8 Å². The van der Waals surface area contributed by atoms with Crippen molar-refractivity contribution in [2.45, 2.75) is 26.7 Å². The van der Waals surface area contributed by atoms with Gasteiger partial charge < -0.3 is 15.8 Å². The molecule has 1 aliphatic rings. The topological polar surface area (TPSA) is 64.3 Å². The smallest absolute Gasteiger partial charge is 0.230 e. The molecule has 2 atom stereocenters. The second kappa shape index (κ2) is 6.91. The lowest BCUT2D eigenvalue weighted by Crippen LogP contribution is -2.41. The number of nitrogens with two attached hydrogens (primary N) is 1. The van der Waals surface area contributed by atoms with Crippen LogP contribution < -0.4 is 11.1 Å². The number of amides is 1. The summed E-state index contributed by atoms with van der Waals surface area (Å²) < 4.78 is 5.29. The summed E-state index contributed by atoms with van der Waals surface area (Å²) in [5, 5.41) is 2.91. The van der Waals surface area contributed by atoms with Gasteiger partial charge in [-0.1, -0.05) is 26.1 Å². The lowest BCUT2D eigenvalue weighted by atomic mass is 9.95. The van der Waals surface area contributed by atoms with Crippen LogP contribution in [0.3, 0.4) is 0 Å². The number of thiocarbonyl (C=S) groups is 1. The van der Waals surface area contributed by atoms with Gasteiger partial charge in [-0.25, -0.2) is 0 Å². The third kappa shape index (κ3) is 4.60. The molecule has 0 aromatic carbocycles. The van der Waals surface area contributed by atoms with Crippen LogP contribution in [-0.2, 0) is 9.53 Å². The number of hydrogen-bond donors (Lipinski definition) is 2. The van der Waals surface area contributed by atoms with E-state index in [4.69, 9.17) is 22.7 Å². The Labute approximate surface area is 108 Å². The fourth-order valence-electron chi connectivity index (χ4n) is 2.08. The maximum absolute atomic E-state index is 11.9. The minimum atomic E-state index is -0.357. The summed E-state index contributed by atoms with van der Waals surface area (Å²) in [6, 6.07) is 0. The number of carbonyl (C=O) groups is 1. The molecule has 0 bridgehead atoms. The van der Waals surface area contributed by atoms with E-state index in [1.807, 2.05) is 13.8 Å². The first kappa shape index (κ1) is 14.4. The van der Waals surface area contributed by atoms with E-state index in [-0.39, 0.29) is 22.7 Å². The first-order valence-corrected chi connectivity index (χ1v) is 6.58. The zero-order valence-electron chi connectivity index (χ0n) is 10.6. The number of ether oxygens (including phenoxy) is 1. The van der Waals surface area contributed by atoms with Gasteiger partial charge in [-0.2, -0.15) is 0 Å². The van der Waals surface area contributed by atoms with Crippen molar-refractivity contribution in [3.63, 3.8) is 0 Å². The third-order valence-electron chi connectivity index (χ3n) is 3.13. The largest absolute Gasteiger partial charge is 0.393 e. The molecule has 4 nitrogen and oxygen atoms in total. The first-order chi connectivity index (χ1) is 8.02. The highest BCUT2D eigenvalue weighted by Gasteiger charge is 2.25. The summed E-state index contributed by atoms with van der Waals surface area (Å²) in [6.07, 6.45) is 2.06. The van der Waals surface area contributed by atoms with Gasteiger partial charge in [-0.15, -0.1) is 0 Å². The standard InChI is InChI=1S/C12H22N2O2S/c1-8(2)10(11(13)17)12(15)14-5-3-9-4-6-16-7-9/h8-10H,3-7H2,1-2H3,(H2,13,17)(H,14,15). The fraction of sp³-hybridized carbons (Fsp3) is 0.833. The molecule has 3 N–H and O–H groups in total. The van der Waals surface area contributed by atoms with Gasteiger partial charge >= 0.3 is 0 Å². The van der Waals surface area contributed by atoms with Crippen molar-refractivity contribution in [3.8, 4) is 0 Å². The quantitative estimate of drug-likeness (QED) is 0.700. The van der Waals surface area contributed by atoms with Crippen molar-refractivity contribution >= 4 is 23.1 Å². The summed E-state index contributed by atoms with van der Waals surface area (Å²) in [7, 11) is 0. The van der Waals surface area contributed by atoms with E-state index in [1.165, 1.54) is 0 Å². The lowest BCUT2D eigenvalue weighted by Gasteiger charge is -2.19. The molecule has 0 radical (unpaired) electrons.